The van der Waals surface area contributed by atoms with E-state index in [1.807, 2.05) is 73.1 Å². The molecule has 5 heteroatoms. The van der Waals surface area contributed by atoms with Crippen LogP contribution in [0.25, 0.3) is 11.1 Å². The lowest BCUT2D eigenvalue weighted by atomic mass is 10.0. The van der Waals surface area contributed by atoms with Gasteiger partial charge in [-0.05, 0) is 54.8 Å². The second kappa shape index (κ2) is 8.33. The molecule has 0 aliphatic heterocycles. The average Bonchev–Trinajstić information content (AvgIpc) is 3.03. The van der Waals surface area contributed by atoms with Gasteiger partial charge in [-0.25, -0.2) is 4.39 Å². The van der Waals surface area contributed by atoms with E-state index >= 15 is 0 Å². The molecule has 0 saturated heterocycles. The number of nitrogens with one attached hydrogen (secondary N) is 1. The number of carbonyl (C=O) groups is 1. The Balaban J connectivity index is 1.50. The van der Waals surface area contributed by atoms with Crippen molar-refractivity contribution in [3.8, 4) is 11.1 Å². The van der Waals surface area contributed by atoms with Gasteiger partial charge in [0.25, 0.3) is 5.91 Å². The zero-order valence-corrected chi connectivity index (χ0v) is 16.9. The first-order chi connectivity index (χ1) is 14.5. The van der Waals surface area contributed by atoms with E-state index in [4.69, 9.17) is 0 Å². The van der Waals surface area contributed by atoms with Crippen LogP contribution in [0.2, 0.25) is 0 Å². The molecule has 0 saturated carbocycles. The molecule has 4 aromatic rings. The van der Waals surface area contributed by atoms with Crippen LogP contribution in [0.5, 0.6) is 0 Å². The molecule has 150 valence electrons. The molecule has 1 aromatic heterocycles. The third-order valence-corrected chi connectivity index (χ3v) is 5.12. The molecule has 1 N–H and O–H groups in total. The normalized spacial score (nSPS) is 10.8. The van der Waals surface area contributed by atoms with Gasteiger partial charge in [0.05, 0.1) is 23.6 Å². The first-order valence-corrected chi connectivity index (χ1v) is 9.76. The Morgan fingerprint density at radius 3 is 2.20 bits per heavy atom. The zero-order chi connectivity index (χ0) is 21.1. The lowest BCUT2D eigenvalue weighted by molar-refractivity contribution is 0.102. The summed E-state index contributed by atoms with van der Waals surface area (Å²) in [6, 6.07) is 23.9. The van der Waals surface area contributed by atoms with Crippen molar-refractivity contribution in [1.82, 2.24) is 9.78 Å². The van der Waals surface area contributed by atoms with Crippen LogP contribution >= 0.6 is 0 Å². The van der Waals surface area contributed by atoms with E-state index in [1.54, 1.807) is 12.1 Å². The molecule has 1 heterocycles. The highest BCUT2D eigenvalue weighted by molar-refractivity contribution is 6.05. The van der Waals surface area contributed by atoms with Crippen LogP contribution in [0.4, 0.5) is 10.1 Å². The summed E-state index contributed by atoms with van der Waals surface area (Å²) in [5, 5.41) is 7.52. The fourth-order valence-electron chi connectivity index (χ4n) is 3.42. The lowest BCUT2D eigenvalue weighted by Gasteiger charge is -2.08. The van der Waals surface area contributed by atoms with Crippen LogP contribution < -0.4 is 5.32 Å². The van der Waals surface area contributed by atoms with E-state index in [1.165, 1.54) is 12.1 Å². The standard InChI is InChI=1S/C25H22FN3O/c1-17-24(18(2)29(28-17)16-19-8-14-23(26)15-9-19)27-25(30)22-12-10-21(11-13-22)20-6-4-3-5-7-20/h3-15H,16H2,1-2H3,(H,27,30). The maximum Gasteiger partial charge on any atom is 0.255 e. The highest BCUT2D eigenvalue weighted by atomic mass is 19.1. The van der Waals surface area contributed by atoms with Gasteiger partial charge in [0.2, 0.25) is 0 Å². The van der Waals surface area contributed by atoms with Crippen LogP contribution in [0.3, 0.4) is 0 Å². The van der Waals surface area contributed by atoms with Gasteiger partial charge < -0.3 is 5.32 Å². The highest BCUT2D eigenvalue weighted by Crippen LogP contribution is 2.23. The van der Waals surface area contributed by atoms with E-state index in [2.05, 4.69) is 10.4 Å². The molecule has 4 rings (SSSR count). The molecule has 0 atom stereocenters. The number of halogens is 1. The van der Waals surface area contributed by atoms with Crippen molar-refractivity contribution in [3.05, 3.63) is 107 Å². The average molecular weight is 399 g/mol. The number of amides is 1. The molecule has 0 radical (unpaired) electrons. The largest absolute Gasteiger partial charge is 0.319 e. The van der Waals surface area contributed by atoms with Crippen molar-refractivity contribution in [2.75, 3.05) is 5.32 Å². The number of rotatable bonds is 5. The van der Waals surface area contributed by atoms with Gasteiger partial charge >= 0.3 is 0 Å². The molecule has 0 aliphatic carbocycles. The molecular weight excluding hydrogens is 377 g/mol. The third-order valence-electron chi connectivity index (χ3n) is 5.12. The Bertz CT molecular complexity index is 1160. The first kappa shape index (κ1) is 19.6. The summed E-state index contributed by atoms with van der Waals surface area (Å²) in [6.07, 6.45) is 0. The molecule has 30 heavy (non-hydrogen) atoms. The first-order valence-electron chi connectivity index (χ1n) is 9.76. The number of nitrogens with zero attached hydrogens (tertiary/aromatic N) is 2. The summed E-state index contributed by atoms with van der Waals surface area (Å²) in [6.45, 7) is 4.29. The van der Waals surface area contributed by atoms with Crippen molar-refractivity contribution in [1.29, 1.82) is 0 Å². The van der Waals surface area contributed by atoms with Crippen molar-refractivity contribution in [3.63, 3.8) is 0 Å². The zero-order valence-electron chi connectivity index (χ0n) is 16.9. The summed E-state index contributed by atoms with van der Waals surface area (Å²) in [7, 11) is 0. The number of benzene rings is 3. The summed E-state index contributed by atoms with van der Waals surface area (Å²) >= 11 is 0. The van der Waals surface area contributed by atoms with E-state index < -0.39 is 0 Å². The monoisotopic (exact) mass is 399 g/mol. The molecule has 0 unspecified atom stereocenters. The summed E-state index contributed by atoms with van der Waals surface area (Å²) in [5.41, 5.74) is 5.99. The molecule has 4 nitrogen and oxygen atoms in total. The maximum atomic E-state index is 13.1. The fraction of sp³-hybridized carbons (Fsp3) is 0.120. The van der Waals surface area contributed by atoms with E-state index in [-0.39, 0.29) is 11.7 Å². The van der Waals surface area contributed by atoms with Gasteiger partial charge in [-0.2, -0.15) is 5.10 Å². The molecular formula is C25H22FN3O. The van der Waals surface area contributed by atoms with Gasteiger partial charge in [-0.15, -0.1) is 0 Å². The number of aromatic nitrogens is 2. The maximum absolute atomic E-state index is 13.1. The molecule has 1 amide bonds. The highest BCUT2D eigenvalue weighted by Gasteiger charge is 2.15. The predicted molar refractivity (Wildman–Crippen MR) is 117 cm³/mol. The second-order valence-corrected chi connectivity index (χ2v) is 7.23. The topological polar surface area (TPSA) is 46.9 Å². The molecule has 0 aliphatic rings. The minimum Gasteiger partial charge on any atom is -0.319 e. The predicted octanol–water partition coefficient (Wildman–Crippen LogP) is 5.61. The smallest absolute Gasteiger partial charge is 0.255 e. The summed E-state index contributed by atoms with van der Waals surface area (Å²) in [5.74, 6) is -0.444. The van der Waals surface area contributed by atoms with Crippen LogP contribution in [0, 0.1) is 19.7 Å². The van der Waals surface area contributed by atoms with Gasteiger partial charge in [-0.1, -0.05) is 54.6 Å². The number of anilines is 1. The minimum atomic E-state index is -0.265. The number of hydrogen-bond donors (Lipinski definition) is 1. The van der Waals surface area contributed by atoms with Crippen molar-refractivity contribution in [2.45, 2.75) is 20.4 Å². The Labute approximate surface area is 175 Å². The fourth-order valence-corrected chi connectivity index (χ4v) is 3.42. The van der Waals surface area contributed by atoms with Crippen molar-refractivity contribution < 1.29 is 9.18 Å². The van der Waals surface area contributed by atoms with Gasteiger partial charge in [-0.3, -0.25) is 9.48 Å². The number of aryl methyl sites for hydroxylation is 1. The summed E-state index contributed by atoms with van der Waals surface area (Å²) in [4.78, 5) is 12.8. The minimum absolute atomic E-state index is 0.179. The number of hydrogen-bond acceptors (Lipinski definition) is 2. The SMILES string of the molecule is Cc1nn(Cc2ccc(F)cc2)c(C)c1NC(=O)c1ccc(-c2ccccc2)cc1. The van der Waals surface area contributed by atoms with Gasteiger partial charge in [0.1, 0.15) is 5.82 Å². The van der Waals surface area contributed by atoms with Crippen LogP contribution in [-0.4, -0.2) is 15.7 Å². The second-order valence-electron chi connectivity index (χ2n) is 7.23. The van der Waals surface area contributed by atoms with Crippen LogP contribution in [0.1, 0.15) is 27.3 Å². The van der Waals surface area contributed by atoms with Crippen LogP contribution in [0.15, 0.2) is 78.9 Å². The molecule has 0 fully saturated rings. The van der Waals surface area contributed by atoms with Crippen molar-refractivity contribution >= 4 is 11.6 Å². The Hall–Kier alpha value is -3.73. The quantitative estimate of drug-likeness (QED) is 0.474. The van der Waals surface area contributed by atoms with Gasteiger partial charge in [0.15, 0.2) is 0 Å². The Morgan fingerprint density at radius 1 is 0.900 bits per heavy atom. The lowest BCUT2D eigenvalue weighted by Crippen LogP contribution is -2.13. The van der Waals surface area contributed by atoms with E-state index in [0.29, 0.717) is 17.8 Å². The Morgan fingerprint density at radius 2 is 1.53 bits per heavy atom. The third kappa shape index (κ3) is 4.15. The molecule has 0 bridgehead atoms. The van der Waals surface area contributed by atoms with Crippen molar-refractivity contribution in [2.24, 2.45) is 0 Å². The van der Waals surface area contributed by atoms with E-state index in [9.17, 15) is 9.18 Å². The summed E-state index contributed by atoms with van der Waals surface area (Å²) < 4.78 is 14.9. The molecule has 0 spiro atoms. The van der Waals surface area contributed by atoms with Crippen LogP contribution in [-0.2, 0) is 6.54 Å². The van der Waals surface area contributed by atoms with E-state index in [0.717, 1.165) is 28.1 Å². The molecule has 3 aromatic carbocycles. The Kier molecular flexibility index (Phi) is 5.44. The number of carbonyl (C=O) groups excluding carboxylic acids is 1. The van der Waals surface area contributed by atoms with Gasteiger partial charge in [0, 0.05) is 5.56 Å².